The van der Waals surface area contributed by atoms with Crippen LogP contribution in [-0.4, -0.2) is 15.6 Å². The molecule has 1 atom stereocenters. The number of rotatable bonds is 1. The number of imidazole rings is 1. The molecule has 3 nitrogen and oxygen atoms in total. The van der Waals surface area contributed by atoms with Crippen LogP contribution in [0.15, 0.2) is 4.60 Å². The number of halogens is 1. The molecule has 1 aliphatic heterocycles. The summed E-state index contributed by atoms with van der Waals surface area (Å²) in [6, 6.07) is 0.319. The molecule has 3 rings (SSSR count). The van der Waals surface area contributed by atoms with Gasteiger partial charge in [0.15, 0.2) is 0 Å². The van der Waals surface area contributed by atoms with Crippen molar-refractivity contribution < 1.29 is 0 Å². The highest BCUT2D eigenvalue weighted by Crippen LogP contribution is 2.38. The first-order valence-corrected chi connectivity index (χ1v) is 6.55. The average Bonchev–Trinajstić information content (AvgIpc) is 2.41. The molecule has 0 amide bonds. The third-order valence-electron chi connectivity index (χ3n) is 3.70. The van der Waals surface area contributed by atoms with Crippen molar-refractivity contribution in [2.45, 2.75) is 50.6 Å². The van der Waals surface area contributed by atoms with Gasteiger partial charge in [-0.3, -0.25) is 0 Å². The first kappa shape index (κ1) is 9.85. The second-order valence-corrected chi connectivity index (χ2v) is 5.49. The molecule has 15 heavy (non-hydrogen) atoms. The zero-order valence-corrected chi connectivity index (χ0v) is 10.3. The predicted molar refractivity (Wildman–Crippen MR) is 62.8 cm³/mol. The van der Waals surface area contributed by atoms with Gasteiger partial charge in [0.2, 0.25) is 0 Å². The van der Waals surface area contributed by atoms with Gasteiger partial charge in [-0.1, -0.05) is 6.42 Å². The van der Waals surface area contributed by atoms with Gasteiger partial charge in [0.05, 0.1) is 5.69 Å². The van der Waals surface area contributed by atoms with E-state index in [1.165, 1.54) is 30.8 Å². The van der Waals surface area contributed by atoms with Gasteiger partial charge in [-0.2, -0.15) is 0 Å². The number of fused-ring (bicyclic) bond motifs is 1. The second-order valence-electron chi connectivity index (χ2n) is 4.74. The van der Waals surface area contributed by atoms with Crippen LogP contribution in [0.5, 0.6) is 0 Å². The van der Waals surface area contributed by atoms with E-state index in [0.29, 0.717) is 12.0 Å². The summed E-state index contributed by atoms with van der Waals surface area (Å²) in [5.41, 5.74) is 7.30. The molecule has 1 unspecified atom stereocenters. The normalized spacial score (nSPS) is 26.1. The second kappa shape index (κ2) is 3.59. The largest absolute Gasteiger partial charge is 0.331 e. The van der Waals surface area contributed by atoms with Gasteiger partial charge in [0.25, 0.3) is 0 Å². The molecule has 0 bridgehead atoms. The van der Waals surface area contributed by atoms with Gasteiger partial charge in [0, 0.05) is 24.9 Å². The van der Waals surface area contributed by atoms with Crippen molar-refractivity contribution >= 4 is 15.9 Å². The molecule has 4 heteroatoms. The third-order valence-corrected chi connectivity index (χ3v) is 4.34. The molecule has 0 saturated heterocycles. The molecule has 0 spiro atoms. The molecule has 0 radical (unpaired) electrons. The van der Waals surface area contributed by atoms with Crippen LogP contribution in [0.25, 0.3) is 0 Å². The van der Waals surface area contributed by atoms with Crippen molar-refractivity contribution in [1.82, 2.24) is 9.55 Å². The Bertz CT molecular complexity index is 381. The molecule has 2 aliphatic rings. The first-order valence-electron chi connectivity index (χ1n) is 5.76. The predicted octanol–water partition coefficient (Wildman–Crippen LogP) is 2.19. The number of nitrogens with zero attached hydrogens (tertiary/aromatic N) is 2. The van der Waals surface area contributed by atoms with Gasteiger partial charge >= 0.3 is 0 Å². The van der Waals surface area contributed by atoms with Gasteiger partial charge in [-0.05, 0) is 35.2 Å². The van der Waals surface area contributed by atoms with Crippen molar-refractivity contribution in [3.05, 3.63) is 16.1 Å². The SMILES string of the molecule is NC1CCn2c(C3CCC3)nc(Br)c2C1. The summed E-state index contributed by atoms with van der Waals surface area (Å²) in [5.74, 6) is 2.01. The molecule has 2 heterocycles. The van der Waals surface area contributed by atoms with E-state index < -0.39 is 0 Å². The molecule has 1 fully saturated rings. The first-order chi connectivity index (χ1) is 7.25. The molecule has 82 valence electrons. The average molecular weight is 270 g/mol. The van der Waals surface area contributed by atoms with Crippen LogP contribution in [0.4, 0.5) is 0 Å². The van der Waals surface area contributed by atoms with Crippen molar-refractivity contribution in [2.75, 3.05) is 0 Å². The highest BCUT2D eigenvalue weighted by atomic mass is 79.9. The highest BCUT2D eigenvalue weighted by Gasteiger charge is 2.29. The van der Waals surface area contributed by atoms with E-state index >= 15 is 0 Å². The van der Waals surface area contributed by atoms with Gasteiger partial charge in [0.1, 0.15) is 10.4 Å². The third kappa shape index (κ3) is 1.54. The fraction of sp³-hybridized carbons (Fsp3) is 0.727. The van der Waals surface area contributed by atoms with E-state index in [1.54, 1.807) is 0 Å². The van der Waals surface area contributed by atoms with Crippen LogP contribution < -0.4 is 5.73 Å². The van der Waals surface area contributed by atoms with Crippen LogP contribution >= 0.6 is 15.9 Å². The maximum atomic E-state index is 5.99. The minimum absolute atomic E-state index is 0.319. The van der Waals surface area contributed by atoms with Gasteiger partial charge in [-0.15, -0.1) is 0 Å². The maximum Gasteiger partial charge on any atom is 0.127 e. The monoisotopic (exact) mass is 269 g/mol. The Hall–Kier alpha value is -0.350. The minimum atomic E-state index is 0.319. The topological polar surface area (TPSA) is 43.8 Å². The minimum Gasteiger partial charge on any atom is -0.331 e. The Morgan fingerprint density at radius 2 is 2.13 bits per heavy atom. The standard InChI is InChI=1S/C11H16BrN3/c12-10-9-6-8(13)4-5-15(9)11(14-10)7-2-1-3-7/h7-8H,1-6,13H2. The lowest BCUT2D eigenvalue weighted by atomic mass is 9.84. The molecule has 1 aromatic rings. The van der Waals surface area contributed by atoms with E-state index in [1.807, 2.05) is 0 Å². The Balaban J connectivity index is 1.99. The summed E-state index contributed by atoms with van der Waals surface area (Å²) in [7, 11) is 0. The zero-order chi connectivity index (χ0) is 10.4. The van der Waals surface area contributed by atoms with E-state index in [9.17, 15) is 0 Å². The Labute approximate surface area is 98.2 Å². The lowest BCUT2D eigenvalue weighted by Gasteiger charge is -2.28. The smallest absolute Gasteiger partial charge is 0.127 e. The van der Waals surface area contributed by atoms with E-state index in [-0.39, 0.29) is 0 Å². The van der Waals surface area contributed by atoms with Gasteiger partial charge in [-0.25, -0.2) is 4.98 Å². The van der Waals surface area contributed by atoms with Crippen molar-refractivity contribution in [3.8, 4) is 0 Å². The molecule has 1 aromatic heterocycles. The molecule has 2 N–H and O–H groups in total. The number of hydrogen-bond acceptors (Lipinski definition) is 2. The lowest BCUT2D eigenvalue weighted by molar-refractivity contribution is 0.369. The Morgan fingerprint density at radius 3 is 2.80 bits per heavy atom. The fourth-order valence-corrected chi connectivity index (χ4v) is 3.10. The number of aromatic nitrogens is 2. The molecule has 1 saturated carbocycles. The van der Waals surface area contributed by atoms with Crippen molar-refractivity contribution in [2.24, 2.45) is 5.73 Å². The van der Waals surface area contributed by atoms with Gasteiger partial charge < -0.3 is 10.3 Å². The summed E-state index contributed by atoms with van der Waals surface area (Å²) in [6.07, 6.45) is 6.06. The van der Waals surface area contributed by atoms with Crippen LogP contribution in [0.2, 0.25) is 0 Å². The Kier molecular flexibility index (Phi) is 2.36. The summed E-state index contributed by atoms with van der Waals surface area (Å²) in [5, 5.41) is 0. The molecule has 1 aliphatic carbocycles. The zero-order valence-electron chi connectivity index (χ0n) is 8.75. The van der Waals surface area contributed by atoms with E-state index in [4.69, 9.17) is 5.73 Å². The fourth-order valence-electron chi connectivity index (χ4n) is 2.54. The molecule has 0 aromatic carbocycles. The molecular formula is C11H16BrN3. The van der Waals surface area contributed by atoms with E-state index in [2.05, 4.69) is 25.5 Å². The Morgan fingerprint density at radius 1 is 1.33 bits per heavy atom. The summed E-state index contributed by atoms with van der Waals surface area (Å²) in [6.45, 7) is 1.06. The van der Waals surface area contributed by atoms with E-state index in [0.717, 1.165) is 24.0 Å². The molecular weight excluding hydrogens is 254 g/mol. The van der Waals surface area contributed by atoms with Crippen LogP contribution in [-0.2, 0) is 13.0 Å². The number of nitrogens with two attached hydrogens (primary N) is 1. The summed E-state index contributed by atoms with van der Waals surface area (Å²) < 4.78 is 3.43. The number of hydrogen-bond donors (Lipinski definition) is 1. The highest BCUT2D eigenvalue weighted by molar-refractivity contribution is 9.10. The van der Waals surface area contributed by atoms with Crippen molar-refractivity contribution in [1.29, 1.82) is 0 Å². The van der Waals surface area contributed by atoms with Crippen LogP contribution in [0.1, 0.15) is 43.1 Å². The lowest BCUT2D eigenvalue weighted by Crippen LogP contribution is -2.32. The quantitative estimate of drug-likeness (QED) is 0.850. The van der Waals surface area contributed by atoms with Crippen LogP contribution in [0.3, 0.4) is 0 Å². The maximum absolute atomic E-state index is 5.99. The summed E-state index contributed by atoms with van der Waals surface area (Å²) >= 11 is 3.56. The summed E-state index contributed by atoms with van der Waals surface area (Å²) in [4.78, 5) is 4.67. The van der Waals surface area contributed by atoms with Crippen molar-refractivity contribution in [3.63, 3.8) is 0 Å². The van der Waals surface area contributed by atoms with Crippen LogP contribution in [0, 0.1) is 0 Å².